The highest BCUT2D eigenvalue weighted by molar-refractivity contribution is 8.18. The van der Waals surface area contributed by atoms with Crippen LogP contribution in [0, 0.1) is 23.3 Å². The molecule has 2 saturated heterocycles. The van der Waals surface area contributed by atoms with Crippen LogP contribution in [0.3, 0.4) is 0 Å². The van der Waals surface area contributed by atoms with Gasteiger partial charge in [0.15, 0.2) is 15.4 Å². The van der Waals surface area contributed by atoms with Crippen LogP contribution in [-0.4, -0.2) is 69.5 Å². The average Bonchev–Trinajstić information content (AvgIpc) is 4.23. The zero-order valence-corrected chi connectivity index (χ0v) is 45.6. The first-order valence-corrected chi connectivity index (χ1v) is 26.1. The Bertz CT molecular complexity index is 3270. The maximum Gasteiger partial charge on any atom is 0.318 e. The Kier molecular flexibility index (Phi) is 26.0. The van der Waals surface area contributed by atoms with E-state index in [4.69, 9.17) is 84.1 Å². The molecule has 4 heterocycles. The fourth-order valence-corrected chi connectivity index (χ4v) is 8.43. The van der Waals surface area contributed by atoms with Gasteiger partial charge >= 0.3 is 5.97 Å². The smallest absolute Gasteiger partial charge is 0.318 e. The maximum atomic E-state index is 13.3. The molecule has 0 atom stereocenters. The zero-order valence-electron chi connectivity index (χ0n) is 39.4. The highest BCUT2D eigenvalue weighted by Gasteiger charge is 2.25. The molecule has 6 aromatic carbocycles. The number of aldehydes is 1. The van der Waals surface area contributed by atoms with Crippen molar-refractivity contribution in [3.63, 3.8) is 0 Å². The predicted molar refractivity (Wildman–Crippen MR) is 311 cm³/mol. The van der Waals surface area contributed by atoms with Gasteiger partial charge in [-0.1, -0.05) is 71.7 Å². The summed E-state index contributed by atoms with van der Waals surface area (Å²) in [6.07, 6.45) is 4.46. The number of hydrogen-bond donors (Lipinski definition) is 6. The molecule has 4 aliphatic heterocycles. The summed E-state index contributed by atoms with van der Waals surface area (Å²) >= 11 is 34.8. The molecule has 2 fully saturated rings. The second-order valence-corrected chi connectivity index (χ2v) is 19.6. The van der Waals surface area contributed by atoms with Crippen molar-refractivity contribution >= 4 is 162 Å². The first-order valence-electron chi connectivity index (χ1n) is 21.9. The van der Waals surface area contributed by atoms with E-state index in [1.54, 1.807) is 12.1 Å². The van der Waals surface area contributed by atoms with E-state index in [2.05, 4.69) is 38.2 Å². The molecule has 0 saturated carbocycles. The molecule has 4 aliphatic rings. The number of carbonyl (C=O) groups is 4. The Morgan fingerprint density at radius 3 is 1.69 bits per heavy atom. The number of alkyl halides is 1. The molecule has 2 amide bonds. The number of nitrogens with two attached hydrogens (primary N) is 2. The number of thiocarbonyl (C=S) groups is 1. The van der Waals surface area contributed by atoms with Crippen LogP contribution in [0.5, 0.6) is 11.5 Å². The Labute approximate surface area is 483 Å². The second-order valence-electron chi connectivity index (χ2n) is 15.3. The number of carboxylic acids is 1. The minimum Gasteiger partial charge on any atom is -0.493 e. The molecule has 0 bridgehead atoms. The molecular formula is C52H44Cl5F4N7O7S3. The number of thioether (sulfide) groups is 2. The fraction of sp³-hybridized carbons (Fsp3) is 0.135. The largest absolute Gasteiger partial charge is 0.493 e. The summed E-state index contributed by atoms with van der Waals surface area (Å²) in [5.74, 6) is -1.07. The highest BCUT2D eigenvalue weighted by Crippen LogP contribution is 2.34. The van der Waals surface area contributed by atoms with E-state index < -0.39 is 23.4 Å². The monoisotopic (exact) mass is 1230 g/mol. The quantitative estimate of drug-likeness (QED) is 0.0229. The third-order valence-corrected chi connectivity index (χ3v) is 13.0. The van der Waals surface area contributed by atoms with Crippen molar-refractivity contribution in [2.75, 3.05) is 35.9 Å². The maximum absolute atomic E-state index is 13.3. The first-order chi connectivity index (χ1) is 36.7. The molecule has 410 valence electrons. The van der Waals surface area contributed by atoms with Crippen molar-refractivity contribution in [2.24, 2.45) is 15.7 Å². The van der Waals surface area contributed by atoms with E-state index in [9.17, 15) is 36.7 Å². The lowest BCUT2D eigenvalue weighted by Gasteiger charge is -2.05. The summed E-state index contributed by atoms with van der Waals surface area (Å²) < 4.78 is 61.8. The number of fused-ring (bicyclic) bond motifs is 2. The van der Waals surface area contributed by atoms with Crippen LogP contribution in [0.1, 0.15) is 34.5 Å². The van der Waals surface area contributed by atoms with Gasteiger partial charge in [0.25, 0.3) is 5.91 Å². The van der Waals surface area contributed by atoms with E-state index in [1.165, 1.54) is 96.3 Å². The van der Waals surface area contributed by atoms with Crippen LogP contribution >= 0.6 is 93.7 Å². The van der Waals surface area contributed by atoms with Crippen LogP contribution in [0.4, 0.5) is 40.3 Å². The first kappa shape index (κ1) is 64.0. The van der Waals surface area contributed by atoms with Crippen molar-refractivity contribution < 1.29 is 51.3 Å². The minimum absolute atomic E-state index is 0. The van der Waals surface area contributed by atoms with Gasteiger partial charge in [-0.3, -0.25) is 19.2 Å². The number of hydrogen-bond acceptors (Lipinski definition) is 12. The van der Waals surface area contributed by atoms with Crippen molar-refractivity contribution in [3.05, 3.63) is 180 Å². The highest BCUT2D eigenvalue weighted by atomic mass is 35.5. The van der Waals surface area contributed by atoms with Crippen LogP contribution in [-0.2, 0) is 27.2 Å². The molecule has 14 nitrogen and oxygen atoms in total. The lowest BCUT2D eigenvalue weighted by molar-refractivity contribution is -0.134. The average molecular weight is 1230 g/mol. The van der Waals surface area contributed by atoms with Gasteiger partial charge in [-0.05, 0) is 138 Å². The van der Waals surface area contributed by atoms with E-state index in [0.29, 0.717) is 59.1 Å². The standard InChI is InChI=1S/C18H12ClFN2O2S.C9H6ClFN2OS.C9H8O2.C7H6ClFN2S.C6H5ClFN.C2H3ClO2.CH4/c19-13-3-2-12(20)9-14(13)21-18-22-17(23)16(25-18)8-10-1-4-15-11(7-10)5-6-24-15;10-6-2-1-5(11)3-7(6)12-9-13-8(14)4-15-9;10-6-7-1-2-9-8(5-7)3-4-11-9;8-5-2-1-4(9)3-6(5)11-7(10)12;7-5-2-1-4(8)3-6(5)9;3-1-2(4)5;/h1-4,7-9H,5-6H2,(H,21,22,23);1-3H,4H2,(H,12,13,14);1-2,5-6H,3-4H2;1-3H,(H3,10,11,12);1-3H,9H2;1H2,(H,4,5);1H4/b16-8-;;;;;;. The number of aliphatic carboxylic acids is 1. The normalized spacial score (nSPS) is 14.7. The lowest BCUT2D eigenvalue weighted by atomic mass is 10.1. The minimum atomic E-state index is -0.980. The number of amides is 2. The molecule has 0 aromatic heterocycles. The van der Waals surface area contributed by atoms with Crippen LogP contribution in [0.2, 0.25) is 20.1 Å². The van der Waals surface area contributed by atoms with Crippen molar-refractivity contribution in [2.45, 2.75) is 20.3 Å². The number of amidine groups is 2. The van der Waals surface area contributed by atoms with Crippen molar-refractivity contribution in [3.8, 4) is 11.5 Å². The molecule has 26 heteroatoms. The second kappa shape index (κ2) is 31.7. The molecular weight excluding hydrogens is 1180 g/mol. The lowest BCUT2D eigenvalue weighted by Crippen LogP contribution is -2.19. The van der Waals surface area contributed by atoms with E-state index in [0.717, 1.165) is 59.5 Å². The Morgan fingerprint density at radius 2 is 1.21 bits per heavy atom. The van der Waals surface area contributed by atoms with Gasteiger partial charge < -0.3 is 42.0 Å². The Hall–Kier alpha value is -6.56. The summed E-state index contributed by atoms with van der Waals surface area (Å²) in [5, 5.41) is 17.7. The van der Waals surface area contributed by atoms with E-state index in [-0.39, 0.29) is 47.4 Å². The number of anilines is 2. The van der Waals surface area contributed by atoms with Gasteiger partial charge in [-0.15, -0.1) is 11.6 Å². The summed E-state index contributed by atoms with van der Waals surface area (Å²) in [6.45, 7) is 1.44. The third kappa shape index (κ3) is 21.0. The molecule has 10 rings (SSSR count). The van der Waals surface area contributed by atoms with Gasteiger partial charge in [0.1, 0.15) is 46.9 Å². The van der Waals surface area contributed by atoms with Crippen molar-refractivity contribution in [1.29, 1.82) is 0 Å². The number of nitrogens with one attached hydrogen (secondary N) is 3. The van der Waals surface area contributed by atoms with Gasteiger partial charge in [0, 0.05) is 30.5 Å². The van der Waals surface area contributed by atoms with Crippen LogP contribution in [0.25, 0.3) is 6.08 Å². The van der Waals surface area contributed by atoms with Crippen LogP contribution in [0.15, 0.2) is 124 Å². The molecule has 0 unspecified atom stereocenters. The van der Waals surface area contributed by atoms with Gasteiger partial charge in [0.2, 0.25) is 5.91 Å². The fourth-order valence-electron chi connectivity index (χ4n) is 6.20. The summed E-state index contributed by atoms with van der Waals surface area (Å²) in [7, 11) is 0. The van der Waals surface area contributed by atoms with Crippen molar-refractivity contribution in [1.82, 2.24) is 10.6 Å². The number of nitrogen functional groups attached to an aromatic ring is 1. The SMILES string of the molecule is C.NC(=S)Nc1cc(F)ccc1Cl.Nc1cc(F)ccc1Cl.O=C(O)CCl.O=C1CSC(=Nc2cc(F)ccc2Cl)N1.O=C1NC(=Nc2cc(F)ccc2Cl)S/C1=C\c1ccc2c(c1)CCO2.O=Cc1ccc2c(c1)CCO2. The van der Waals surface area contributed by atoms with Gasteiger partial charge in [-0.25, -0.2) is 27.5 Å². The molecule has 0 radical (unpaired) electrons. The summed E-state index contributed by atoms with van der Waals surface area (Å²) in [4.78, 5) is 51.4. The van der Waals surface area contributed by atoms with Gasteiger partial charge in [0.05, 0.1) is 66.7 Å². The molecule has 0 spiro atoms. The molecule has 78 heavy (non-hydrogen) atoms. The number of carboxylic acid groups (broad SMARTS) is 1. The number of carbonyl (C=O) groups excluding carboxylic acids is 3. The number of rotatable bonds is 6. The Morgan fingerprint density at radius 1 is 0.718 bits per heavy atom. The molecule has 6 aromatic rings. The summed E-state index contributed by atoms with van der Waals surface area (Å²) in [5.41, 5.74) is 15.6. The number of benzene rings is 6. The van der Waals surface area contributed by atoms with E-state index >= 15 is 0 Å². The van der Waals surface area contributed by atoms with Crippen LogP contribution < -0.4 is 36.9 Å². The topological polar surface area (TPSA) is 220 Å². The number of ether oxygens (including phenoxy) is 2. The van der Waals surface area contributed by atoms with Gasteiger partial charge in [-0.2, -0.15) is 0 Å². The molecule has 0 aliphatic carbocycles. The molecule has 8 N–H and O–H groups in total. The third-order valence-electron chi connectivity index (χ3n) is 9.62. The zero-order chi connectivity index (χ0) is 56.2. The number of aliphatic imine (C=N–C) groups is 2. The number of nitrogens with zero attached hydrogens (tertiary/aromatic N) is 2. The number of halogens is 9. The Balaban J connectivity index is 0.000000215. The van der Waals surface area contributed by atoms with E-state index in [1.807, 2.05) is 30.3 Å². The summed E-state index contributed by atoms with van der Waals surface area (Å²) in [6, 6.07) is 26.9. The predicted octanol–water partition coefficient (Wildman–Crippen LogP) is 13.2.